The summed E-state index contributed by atoms with van der Waals surface area (Å²) in [5.41, 5.74) is 0.362. The molecule has 2 heterocycles. The molecule has 1 aromatic rings. The maximum absolute atomic E-state index is 12.7. The minimum Gasteiger partial charge on any atom is -0.493 e. The molecular formula is C20H29NO5. The van der Waals surface area contributed by atoms with Crippen LogP contribution in [0.3, 0.4) is 0 Å². The Bertz CT molecular complexity index is 631. The highest BCUT2D eigenvalue weighted by atomic mass is 16.5. The number of hydrogen-bond acceptors (Lipinski definition) is 6. The second-order valence-electron chi connectivity index (χ2n) is 6.98. The van der Waals surface area contributed by atoms with Gasteiger partial charge < -0.3 is 18.9 Å². The van der Waals surface area contributed by atoms with Gasteiger partial charge in [-0.2, -0.15) is 0 Å². The first-order valence-corrected chi connectivity index (χ1v) is 9.39. The minimum absolute atomic E-state index is 0.347. The molecule has 26 heavy (non-hydrogen) atoms. The number of carbonyl (C=O) groups excluding carboxylic acids is 1. The van der Waals surface area contributed by atoms with Crippen LogP contribution >= 0.6 is 0 Å². The SMILES string of the molecule is COc1ccc(C(=O)OCC2CCCN3CCCCC23)c(OC)c1OC. The van der Waals surface area contributed by atoms with Crippen molar-refractivity contribution < 1.29 is 23.7 Å². The molecule has 0 bridgehead atoms. The Morgan fingerprint density at radius 2 is 1.77 bits per heavy atom. The van der Waals surface area contributed by atoms with Crippen LogP contribution in [0, 0.1) is 5.92 Å². The smallest absolute Gasteiger partial charge is 0.342 e. The van der Waals surface area contributed by atoms with Gasteiger partial charge in [0.15, 0.2) is 11.5 Å². The molecule has 0 radical (unpaired) electrons. The van der Waals surface area contributed by atoms with Crippen LogP contribution < -0.4 is 14.2 Å². The van der Waals surface area contributed by atoms with Crippen LogP contribution in [0.5, 0.6) is 17.2 Å². The van der Waals surface area contributed by atoms with Crippen molar-refractivity contribution >= 4 is 5.97 Å². The molecule has 6 heteroatoms. The monoisotopic (exact) mass is 363 g/mol. The lowest BCUT2D eigenvalue weighted by Crippen LogP contribution is -2.49. The van der Waals surface area contributed by atoms with Crippen molar-refractivity contribution in [2.45, 2.75) is 38.1 Å². The number of piperidine rings is 2. The molecule has 1 aromatic carbocycles. The number of rotatable bonds is 6. The minimum atomic E-state index is -0.379. The molecule has 0 aliphatic carbocycles. The van der Waals surface area contributed by atoms with E-state index < -0.39 is 0 Å². The lowest BCUT2D eigenvalue weighted by molar-refractivity contribution is 0.00718. The standard InChI is InChI=1S/C20H29NO5/c1-23-17-10-9-15(18(24-2)19(17)25-3)20(22)26-13-14-7-6-12-21-11-5-4-8-16(14)21/h9-10,14,16H,4-8,11-13H2,1-3H3. The Kier molecular flexibility index (Phi) is 6.25. The van der Waals surface area contributed by atoms with Gasteiger partial charge in [-0.1, -0.05) is 6.42 Å². The lowest BCUT2D eigenvalue weighted by Gasteiger charge is -2.44. The number of fused-ring (bicyclic) bond motifs is 1. The Hall–Kier alpha value is -1.95. The predicted molar refractivity (Wildman–Crippen MR) is 98.3 cm³/mol. The molecule has 3 rings (SSSR count). The fraction of sp³-hybridized carbons (Fsp3) is 0.650. The van der Waals surface area contributed by atoms with Crippen LogP contribution in [0.2, 0.25) is 0 Å². The van der Waals surface area contributed by atoms with Crippen LogP contribution in [0.15, 0.2) is 12.1 Å². The zero-order chi connectivity index (χ0) is 18.5. The Morgan fingerprint density at radius 1 is 1.00 bits per heavy atom. The largest absolute Gasteiger partial charge is 0.493 e. The van der Waals surface area contributed by atoms with Crippen LogP contribution in [-0.4, -0.2) is 57.9 Å². The average Bonchev–Trinajstić information content (AvgIpc) is 2.70. The Labute approximate surface area is 155 Å². The van der Waals surface area contributed by atoms with Gasteiger partial charge in [-0.25, -0.2) is 4.79 Å². The molecule has 2 unspecified atom stereocenters. The van der Waals surface area contributed by atoms with Crippen LogP contribution in [0.4, 0.5) is 0 Å². The van der Waals surface area contributed by atoms with E-state index in [0.29, 0.717) is 41.4 Å². The molecule has 2 saturated heterocycles. The number of benzene rings is 1. The number of methoxy groups -OCH3 is 3. The number of esters is 1. The zero-order valence-electron chi connectivity index (χ0n) is 16.0. The fourth-order valence-electron chi connectivity index (χ4n) is 4.29. The zero-order valence-corrected chi connectivity index (χ0v) is 16.0. The maximum Gasteiger partial charge on any atom is 0.342 e. The van der Waals surface area contributed by atoms with E-state index in [4.69, 9.17) is 18.9 Å². The second kappa shape index (κ2) is 8.62. The predicted octanol–water partition coefficient (Wildman–Crippen LogP) is 3.13. The van der Waals surface area contributed by atoms with Crippen molar-refractivity contribution in [1.29, 1.82) is 0 Å². The van der Waals surface area contributed by atoms with Crippen LogP contribution in [0.25, 0.3) is 0 Å². The first kappa shape index (κ1) is 18.8. The van der Waals surface area contributed by atoms with Crippen molar-refractivity contribution in [3.05, 3.63) is 17.7 Å². The van der Waals surface area contributed by atoms with Gasteiger partial charge >= 0.3 is 5.97 Å². The summed E-state index contributed by atoms with van der Waals surface area (Å²) in [6.45, 7) is 2.81. The second-order valence-corrected chi connectivity index (χ2v) is 6.98. The summed E-state index contributed by atoms with van der Waals surface area (Å²) in [6.07, 6.45) is 6.07. The summed E-state index contributed by atoms with van der Waals surface area (Å²) in [6, 6.07) is 3.91. The van der Waals surface area contributed by atoms with E-state index in [1.165, 1.54) is 53.0 Å². The number of ether oxygens (including phenoxy) is 4. The molecule has 144 valence electrons. The summed E-state index contributed by atoms with van der Waals surface area (Å²) in [5, 5.41) is 0. The molecule has 2 fully saturated rings. The quantitative estimate of drug-likeness (QED) is 0.724. The first-order valence-electron chi connectivity index (χ1n) is 9.39. The molecule has 0 spiro atoms. The van der Waals surface area contributed by atoms with Gasteiger partial charge in [0.1, 0.15) is 5.56 Å². The summed E-state index contributed by atoms with van der Waals surface area (Å²) in [7, 11) is 4.58. The molecule has 2 aliphatic rings. The van der Waals surface area contributed by atoms with Crippen LogP contribution in [-0.2, 0) is 4.74 Å². The topological polar surface area (TPSA) is 57.2 Å². The molecule has 0 amide bonds. The summed E-state index contributed by atoms with van der Waals surface area (Å²) >= 11 is 0. The highest BCUT2D eigenvalue weighted by Crippen LogP contribution is 2.40. The highest BCUT2D eigenvalue weighted by molar-refractivity contribution is 5.94. The van der Waals surface area contributed by atoms with E-state index in [2.05, 4.69) is 4.90 Å². The summed E-state index contributed by atoms with van der Waals surface area (Å²) < 4.78 is 21.7. The third kappa shape index (κ3) is 3.75. The van der Waals surface area contributed by atoms with Crippen molar-refractivity contribution in [2.24, 2.45) is 5.92 Å². The molecule has 0 N–H and O–H groups in total. The molecule has 0 aromatic heterocycles. The third-order valence-electron chi connectivity index (χ3n) is 5.58. The van der Waals surface area contributed by atoms with Crippen molar-refractivity contribution in [3.8, 4) is 17.2 Å². The molecular weight excluding hydrogens is 334 g/mol. The van der Waals surface area contributed by atoms with Gasteiger partial charge in [0.05, 0.1) is 27.9 Å². The normalized spacial score (nSPS) is 23.0. The molecule has 2 aliphatic heterocycles. The molecule has 2 atom stereocenters. The third-order valence-corrected chi connectivity index (χ3v) is 5.58. The number of carbonyl (C=O) groups is 1. The lowest BCUT2D eigenvalue weighted by atomic mass is 9.84. The van der Waals surface area contributed by atoms with Crippen molar-refractivity contribution in [3.63, 3.8) is 0 Å². The van der Waals surface area contributed by atoms with Gasteiger partial charge in [-0.05, 0) is 50.9 Å². The van der Waals surface area contributed by atoms with E-state index in [1.54, 1.807) is 19.2 Å². The van der Waals surface area contributed by atoms with E-state index in [9.17, 15) is 4.79 Å². The molecule has 0 saturated carbocycles. The van der Waals surface area contributed by atoms with Crippen LogP contribution in [0.1, 0.15) is 42.5 Å². The fourth-order valence-corrected chi connectivity index (χ4v) is 4.29. The van der Waals surface area contributed by atoms with Gasteiger partial charge in [0, 0.05) is 12.0 Å². The first-order chi connectivity index (χ1) is 12.7. The van der Waals surface area contributed by atoms with Crippen molar-refractivity contribution in [1.82, 2.24) is 4.90 Å². The summed E-state index contributed by atoms with van der Waals surface area (Å²) in [4.78, 5) is 15.3. The van der Waals surface area contributed by atoms with E-state index >= 15 is 0 Å². The summed E-state index contributed by atoms with van der Waals surface area (Å²) in [5.74, 6) is 1.31. The molecule has 6 nitrogen and oxygen atoms in total. The average molecular weight is 363 g/mol. The van der Waals surface area contributed by atoms with Gasteiger partial charge in [-0.3, -0.25) is 4.90 Å². The van der Waals surface area contributed by atoms with Gasteiger partial charge in [-0.15, -0.1) is 0 Å². The van der Waals surface area contributed by atoms with Crippen molar-refractivity contribution in [2.75, 3.05) is 41.0 Å². The maximum atomic E-state index is 12.7. The highest BCUT2D eigenvalue weighted by Gasteiger charge is 2.34. The Balaban J connectivity index is 1.70. The van der Waals surface area contributed by atoms with Gasteiger partial charge in [0.25, 0.3) is 0 Å². The van der Waals surface area contributed by atoms with E-state index in [1.807, 2.05) is 0 Å². The van der Waals surface area contributed by atoms with Gasteiger partial charge in [0.2, 0.25) is 5.75 Å². The Morgan fingerprint density at radius 3 is 2.50 bits per heavy atom. The number of nitrogens with zero attached hydrogens (tertiary/aromatic N) is 1. The number of hydrogen-bond donors (Lipinski definition) is 0. The van der Waals surface area contributed by atoms with E-state index in [0.717, 1.165) is 6.42 Å². The van der Waals surface area contributed by atoms with E-state index in [-0.39, 0.29) is 5.97 Å².